The molecule has 1 aliphatic heterocycles. The van der Waals surface area contributed by atoms with Crippen molar-refractivity contribution in [3.05, 3.63) is 54.2 Å². The maximum Gasteiger partial charge on any atom is 0.414 e. The van der Waals surface area contributed by atoms with Crippen molar-refractivity contribution >= 4 is 28.7 Å². The first-order chi connectivity index (χ1) is 18.5. The summed E-state index contributed by atoms with van der Waals surface area (Å²) in [4.78, 5) is 33.1. The lowest BCUT2D eigenvalue weighted by Gasteiger charge is -2.23. The van der Waals surface area contributed by atoms with E-state index >= 15 is 0 Å². The van der Waals surface area contributed by atoms with Crippen molar-refractivity contribution in [2.75, 3.05) is 31.8 Å². The van der Waals surface area contributed by atoms with Crippen LogP contribution in [0.4, 0.5) is 10.5 Å². The van der Waals surface area contributed by atoms with Gasteiger partial charge in [0.1, 0.15) is 5.69 Å². The second kappa shape index (κ2) is 11.3. The minimum atomic E-state index is -0.554. The van der Waals surface area contributed by atoms with E-state index in [1.807, 2.05) is 31.5 Å². The van der Waals surface area contributed by atoms with E-state index in [2.05, 4.69) is 10.1 Å². The van der Waals surface area contributed by atoms with Crippen LogP contribution in [0.2, 0.25) is 0 Å². The van der Waals surface area contributed by atoms with Crippen LogP contribution in [0.25, 0.3) is 22.2 Å². The van der Waals surface area contributed by atoms with Gasteiger partial charge in [-0.05, 0) is 38.7 Å². The molecule has 0 aromatic carbocycles. The summed E-state index contributed by atoms with van der Waals surface area (Å²) in [5.74, 6) is -0.291. The molecule has 3 aromatic heterocycles. The van der Waals surface area contributed by atoms with Gasteiger partial charge in [-0.1, -0.05) is 18.2 Å². The number of nitrogens with zero attached hydrogens (tertiary/aromatic N) is 4. The molecule has 1 aliphatic carbocycles. The van der Waals surface area contributed by atoms with Gasteiger partial charge in [0.2, 0.25) is 17.3 Å². The number of anilines is 1. The Morgan fingerprint density at radius 3 is 2.79 bits per heavy atom. The first kappa shape index (κ1) is 25.9. The minimum Gasteiger partial charge on any atom is -0.449 e. The van der Waals surface area contributed by atoms with E-state index in [0.29, 0.717) is 42.6 Å². The van der Waals surface area contributed by atoms with Gasteiger partial charge in [-0.15, -0.1) is 0 Å². The van der Waals surface area contributed by atoms with Crippen LogP contribution in [0.3, 0.4) is 0 Å². The SMILES string of the molecule is CCOC(=O)N(CCC1CCCO1)c1c(C(=O)C2=CCC(OC)C=C2)oc2ncc(-c3cnn(C)c3)cc12. The van der Waals surface area contributed by atoms with Crippen molar-refractivity contribution < 1.29 is 28.2 Å². The predicted molar refractivity (Wildman–Crippen MR) is 141 cm³/mol. The molecular formula is C28H32N4O6. The Kier molecular flexibility index (Phi) is 7.71. The molecule has 10 heteroatoms. The number of aryl methyl sites for hydroxylation is 1. The van der Waals surface area contributed by atoms with E-state index < -0.39 is 6.09 Å². The molecule has 1 amide bonds. The van der Waals surface area contributed by atoms with E-state index in [4.69, 9.17) is 18.6 Å². The summed E-state index contributed by atoms with van der Waals surface area (Å²) in [5.41, 5.74) is 2.72. The first-order valence-corrected chi connectivity index (χ1v) is 12.9. The predicted octanol–water partition coefficient (Wildman–Crippen LogP) is 4.84. The number of carbonyl (C=O) groups excluding carboxylic acids is 2. The summed E-state index contributed by atoms with van der Waals surface area (Å²) in [5, 5.41) is 4.80. The number of Topliss-reactive ketones (excluding diaryl/α,β-unsaturated/α-hetero) is 1. The number of aromatic nitrogens is 3. The Morgan fingerprint density at radius 2 is 2.13 bits per heavy atom. The lowest BCUT2D eigenvalue weighted by molar-refractivity contribution is 0.101. The van der Waals surface area contributed by atoms with E-state index in [9.17, 15) is 9.59 Å². The monoisotopic (exact) mass is 520 g/mol. The van der Waals surface area contributed by atoms with Crippen LogP contribution in [0.1, 0.15) is 43.2 Å². The average molecular weight is 521 g/mol. The normalized spacial score (nSPS) is 19.1. The maximum absolute atomic E-state index is 13.8. The van der Waals surface area contributed by atoms with E-state index in [1.165, 1.54) is 4.90 Å². The molecule has 38 heavy (non-hydrogen) atoms. The van der Waals surface area contributed by atoms with Crippen molar-refractivity contribution in [1.29, 1.82) is 0 Å². The van der Waals surface area contributed by atoms with Crippen molar-refractivity contribution in [3.63, 3.8) is 0 Å². The number of fused-ring (bicyclic) bond motifs is 1. The Morgan fingerprint density at radius 1 is 1.26 bits per heavy atom. The number of rotatable bonds is 9. The molecular weight excluding hydrogens is 488 g/mol. The van der Waals surface area contributed by atoms with Crippen molar-refractivity contribution in [2.24, 2.45) is 7.05 Å². The zero-order valence-electron chi connectivity index (χ0n) is 21.9. The molecule has 10 nitrogen and oxygen atoms in total. The van der Waals surface area contributed by atoms with Gasteiger partial charge in [0, 0.05) is 56.4 Å². The summed E-state index contributed by atoms with van der Waals surface area (Å²) < 4.78 is 24.4. The zero-order chi connectivity index (χ0) is 26.6. The quantitative estimate of drug-likeness (QED) is 0.369. The summed E-state index contributed by atoms with van der Waals surface area (Å²) in [7, 11) is 3.46. The average Bonchev–Trinajstić information content (AvgIpc) is 3.69. The number of hydrogen-bond donors (Lipinski definition) is 0. The fourth-order valence-electron chi connectivity index (χ4n) is 4.84. The lowest BCUT2D eigenvalue weighted by atomic mass is 9.99. The van der Waals surface area contributed by atoms with Gasteiger partial charge in [-0.25, -0.2) is 9.78 Å². The second-order valence-corrected chi connectivity index (χ2v) is 9.39. The fourth-order valence-corrected chi connectivity index (χ4v) is 4.84. The first-order valence-electron chi connectivity index (χ1n) is 12.9. The number of ketones is 1. The van der Waals surface area contributed by atoms with Crippen molar-refractivity contribution in [1.82, 2.24) is 14.8 Å². The highest BCUT2D eigenvalue weighted by molar-refractivity contribution is 6.18. The molecule has 0 N–H and O–H groups in total. The van der Waals surface area contributed by atoms with Crippen LogP contribution >= 0.6 is 0 Å². The van der Waals surface area contributed by atoms with E-state index in [1.54, 1.807) is 37.2 Å². The number of furan rings is 1. The van der Waals surface area contributed by atoms with Gasteiger partial charge >= 0.3 is 6.09 Å². The van der Waals surface area contributed by atoms with E-state index in [-0.39, 0.29) is 36.1 Å². The summed E-state index contributed by atoms with van der Waals surface area (Å²) in [6, 6.07) is 1.87. The van der Waals surface area contributed by atoms with Gasteiger partial charge in [0.05, 0.1) is 30.4 Å². The third-order valence-corrected chi connectivity index (χ3v) is 6.85. The Bertz CT molecular complexity index is 1380. The van der Waals surface area contributed by atoms with Gasteiger partial charge in [0.25, 0.3) is 0 Å². The van der Waals surface area contributed by atoms with Gasteiger partial charge < -0.3 is 18.6 Å². The zero-order valence-corrected chi connectivity index (χ0v) is 21.9. The molecule has 0 radical (unpaired) electrons. The number of pyridine rings is 1. The molecule has 0 bridgehead atoms. The molecule has 0 spiro atoms. The summed E-state index contributed by atoms with van der Waals surface area (Å²) in [6.07, 6.45) is 13.2. The molecule has 200 valence electrons. The van der Waals surface area contributed by atoms with Crippen LogP contribution in [0, 0.1) is 0 Å². The third-order valence-electron chi connectivity index (χ3n) is 6.85. The minimum absolute atomic E-state index is 0.0444. The number of carbonyl (C=O) groups is 2. The topological polar surface area (TPSA) is 109 Å². The highest BCUT2D eigenvalue weighted by Crippen LogP contribution is 2.38. The number of amides is 1. The van der Waals surface area contributed by atoms with E-state index in [0.717, 1.165) is 24.0 Å². The largest absolute Gasteiger partial charge is 0.449 e. The lowest BCUT2D eigenvalue weighted by Crippen LogP contribution is -2.35. The second-order valence-electron chi connectivity index (χ2n) is 9.39. The Hall–Kier alpha value is -3.76. The molecule has 2 unspecified atom stereocenters. The molecule has 2 aliphatic rings. The fraction of sp³-hybridized carbons (Fsp3) is 0.429. The third kappa shape index (κ3) is 5.27. The van der Waals surface area contributed by atoms with Crippen molar-refractivity contribution in [2.45, 2.75) is 44.8 Å². The van der Waals surface area contributed by atoms with Gasteiger partial charge in [-0.3, -0.25) is 14.4 Å². The standard InChI is InChI=1S/C28H32N4O6/c1-4-36-28(34)32(12-11-22-6-5-13-37-22)24-23-14-19(20-16-30-31(2)17-20)15-29-27(23)38-26(24)25(33)18-7-9-21(35-3)10-8-18/h7-9,14-17,21-22H,4-6,10-13H2,1-3H3. The molecule has 1 saturated heterocycles. The Labute approximate surface area is 220 Å². The molecule has 0 saturated carbocycles. The number of methoxy groups -OCH3 is 1. The molecule has 5 rings (SSSR count). The summed E-state index contributed by atoms with van der Waals surface area (Å²) in [6.45, 7) is 2.96. The highest BCUT2D eigenvalue weighted by Gasteiger charge is 2.32. The van der Waals surface area contributed by atoms with Crippen LogP contribution in [-0.4, -0.2) is 65.7 Å². The van der Waals surface area contributed by atoms with Gasteiger partial charge in [0.15, 0.2) is 0 Å². The highest BCUT2D eigenvalue weighted by atomic mass is 16.6. The number of allylic oxidation sites excluding steroid dienone is 2. The molecule has 1 fully saturated rings. The number of ether oxygens (including phenoxy) is 3. The smallest absolute Gasteiger partial charge is 0.414 e. The van der Waals surface area contributed by atoms with Gasteiger partial charge in [-0.2, -0.15) is 5.10 Å². The van der Waals surface area contributed by atoms with Crippen LogP contribution in [0.15, 0.2) is 52.9 Å². The molecule has 3 aromatic rings. The number of hydrogen-bond acceptors (Lipinski definition) is 8. The van der Waals surface area contributed by atoms with Crippen LogP contribution in [-0.2, 0) is 21.3 Å². The summed E-state index contributed by atoms with van der Waals surface area (Å²) >= 11 is 0. The van der Waals surface area contributed by atoms with Crippen LogP contribution in [0.5, 0.6) is 0 Å². The Balaban J connectivity index is 1.61. The van der Waals surface area contributed by atoms with Crippen molar-refractivity contribution in [3.8, 4) is 11.1 Å². The molecule has 4 heterocycles. The van der Waals surface area contributed by atoms with Crippen LogP contribution < -0.4 is 4.90 Å². The molecule has 2 atom stereocenters. The maximum atomic E-state index is 13.8.